The summed E-state index contributed by atoms with van der Waals surface area (Å²) in [5.41, 5.74) is 0. The lowest BCUT2D eigenvalue weighted by Gasteiger charge is -2.44. The van der Waals surface area contributed by atoms with Gasteiger partial charge in [0.05, 0.1) is 33.3 Å². The third-order valence-corrected chi connectivity index (χ3v) is 4.17. The molecule has 1 saturated heterocycles. The van der Waals surface area contributed by atoms with Crippen LogP contribution in [0.2, 0.25) is 0 Å². The van der Waals surface area contributed by atoms with E-state index >= 15 is 0 Å². The summed E-state index contributed by atoms with van der Waals surface area (Å²) in [6.07, 6.45) is 0. The van der Waals surface area contributed by atoms with Crippen LogP contribution in [0.3, 0.4) is 0 Å². The number of quaternary nitrogens is 1. The van der Waals surface area contributed by atoms with Gasteiger partial charge in [-0.25, -0.2) is 0 Å². The molecule has 0 aromatic heterocycles. The predicted octanol–water partition coefficient (Wildman–Crippen LogP) is -1.64. The van der Waals surface area contributed by atoms with Crippen LogP contribution in [0, 0.1) is 5.92 Å². The van der Waals surface area contributed by atoms with Gasteiger partial charge < -0.3 is 33.2 Å². The second-order valence-electron chi connectivity index (χ2n) is 5.86. The van der Waals surface area contributed by atoms with Gasteiger partial charge >= 0.3 is 5.97 Å². The monoisotopic (exact) mass is 384 g/mol. The fraction of sp³-hybridized carbons (Fsp3) is 0.929. The molecule has 1 aliphatic heterocycles. The summed E-state index contributed by atoms with van der Waals surface area (Å²) in [6, 6.07) is -0.0736. The molecule has 0 spiro atoms. The van der Waals surface area contributed by atoms with Crippen LogP contribution in [0.4, 0.5) is 0 Å². The molecular formula is C14H29IN2O2. The maximum Gasteiger partial charge on any atom is 0.323 e. The summed E-state index contributed by atoms with van der Waals surface area (Å²) < 4.78 is 6.33. The minimum atomic E-state index is -0.0736. The minimum Gasteiger partial charge on any atom is -1.00 e. The highest BCUT2D eigenvalue weighted by Crippen LogP contribution is 2.18. The van der Waals surface area contributed by atoms with Crippen LogP contribution in [-0.2, 0) is 9.53 Å². The minimum absolute atomic E-state index is 0. The van der Waals surface area contributed by atoms with E-state index in [2.05, 4.69) is 32.7 Å². The van der Waals surface area contributed by atoms with Gasteiger partial charge in [-0.2, -0.15) is 0 Å². The number of hydrogen-bond acceptors (Lipinski definition) is 3. The van der Waals surface area contributed by atoms with E-state index in [-0.39, 0.29) is 36.0 Å². The Morgan fingerprint density at radius 2 is 1.79 bits per heavy atom. The van der Waals surface area contributed by atoms with Crippen LogP contribution < -0.4 is 24.0 Å². The summed E-state index contributed by atoms with van der Waals surface area (Å²) in [5.74, 6) is 0.252. The highest BCUT2D eigenvalue weighted by Gasteiger charge is 2.36. The van der Waals surface area contributed by atoms with Crippen molar-refractivity contribution in [1.29, 1.82) is 0 Å². The number of carbonyl (C=O) groups is 1. The number of esters is 1. The normalized spacial score (nSPS) is 20.7. The smallest absolute Gasteiger partial charge is 0.323 e. The van der Waals surface area contributed by atoms with E-state index in [1.54, 1.807) is 0 Å². The molecule has 1 heterocycles. The first-order chi connectivity index (χ1) is 8.43. The second kappa shape index (κ2) is 8.42. The van der Waals surface area contributed by atoms with Crippen LogP contribution in [-0.4, -0.2) is 67.8 Å². The van der Waals surface area contributed by atoms with Crippen LogP contribution in [0.1, 0.15) is 27.7 Å². The predicted molar refractivity (Wildman–Crippen MR) is 73.3 cm³/mol. The van der Waals surface area contributed by atoms with Gasteiger partial charge in [0.15, 0.2) is 0 Å². The molecule has 1 rings (SSSR count). The van der Waals surface area contributed by atoms with Crippen LogP contribution >= 0.6 is 0 Å². The number of likely N-dealkylation sites (N-methyl/N-ethyl adjacent to an activating group) is 1. The van der Waals surface area contributed by atoms with Crippen molar-refractivity contribution < 1.29 is 38.0 Å². The molecule has 1 aliphatic rings. The molecule has 5 heteroatoms. The van der Waals surface area contributed by atoms with Gasteiger partial charge in [-0.1, -0.05) is 13.8 Å². The molecule has 0 bridgehead atoms. The maximum absolute atomic E-state index is 12.0. The molecule has 0 saturated carbocycles. The van der Waals surface area contributed by atoms with E-state index in [0.717, 1.165) is 30.7 Å². The first kappa shape index (κ1) is 19.1. The number of carbonyl (C=O) groups excluding carboxylic acids is 1. The third-order valence-electron chi connectivity index (χ3n) is 4.17. The molecule has 0 aromatic carbocycles. The first-order valence-corrected chi connectivity index (χ1v) is 7.17. The van der Waals surface area contributed by atoms with Gasteiger partial charge in [-0.15, -0.1) is 0 Å². The van der Waals surface area contributed by atoms with E-state index in [4.69, 9.17) is 4.74 Å². The Bertz CT molecular complexity index is 277. The summed E-state index contributed by atoms with van der Waals surface area (Å²) >= 11 is 0. The number of halogens is 1. The molecule has 1 fully saturated rings. The number of rotatable bonds is 5. The van der Waals surface area contributed by atoms with Gasteiger partial charge in [0.25, 0.3) is 0 Å². The van der Waals surface area contributed by atoms with E-state index in [0.29, 0.717) is 12.5 Å². The van der Waals surface area contributed by atoms with Crippen LogP contribution in [0.5, 0.6) is 0 Å². The largest absolute Gasteiger partial charge is 1.00 e. The molecular weight excluding hydrogens is 355 g/mol. The standard InChI is InChI=1S/C14H29N2O2.HI/c1-6-16(5)10-8-15(9-11-16)13(12(3)4)14(17)18-7-2;/h12-13H,6-11H2,1-5H3;1H/q+1;/p-1. The maximum atomic E-state index is 12.0. The van der Waals surface area contributed by atoms with Crippen molar-refractivity contribution >= 4 is 5.97 Å². The van der Waals surface area contributed by atoms with Crippen molar-refractivity contribution in [3.05, 3.63) is 0 Å². The van der Waals surface area contributed by atoms with Gasteiger partial charge in [-0.05, 0) is 19.8 Å². The Morgan fingerprint density at radius 1 is 1.26 bits per heavy atom. The van der Waals surface area contributed by atoms with Gasteiger partial charge in [-0.3, -0.25) is 9.69 Å². The molecule has 0 aliphatic carbocycles. The molecule has 0 aromatic rings. The fourth-order valence-electron chi connectivity index (χ4n) is 2.63. The summed E-state index contributed by atoms with van der Waals surface area (Å²) in [5, 5.41) is 0. The first-order valence-electron chi connectivity index (χ1n) is 7.17. The van der Waals surface area contributed by atoms with Gasteiger partial charge in [0, 0.05) is 13.1 Å². The molecule has 4 nitrogen and oxygen atoms in total. The fourth-order valence-corrected chi connectivity index (χ4v) is 2.63. The molecule has 1 atom stereocenters. The topological polar surface area (TPSA) is 29.5 Å². The van der Waals surface area contributed by atoms with E-state index in [9.17, 15) is 4.79 Å². The average molecular weight is 384 g/mol. The van der Waals surface area contributed by atoms with E-state index in [1.807, 2.05) is 6.92 Å². The number of ether oxygens (including phenoxy) is 1. The summed E-state index contributed by atoms with van der Waals surface area (Å²) in [6.45, 7) is 14.2. The van der Waals surface area contributed by atoms with Crippen molar-refractivity contribution in [3.8, 4) is 0 Å². The number of nitrogens with zero attached hydrogens (tertiary/aromatic N) is 2. The Balaban J connectivity index is 0.00000324. The second-order valence-corrected chi connectivity index (χ2v) is 5.86. The average Bonchev–Trinajstić information content (AvgIpc) is 2.32. The Labute approximate surface area is 135 Å². The highest BCUT2D eigenvalue weighted by atomic mass is 127. The van der Waals surface area contributed by atoms with Gasteiger partial charge in [0.1, 0.15) is 6.04 Å². The number of piperazine rings is 1. The Hall–Kier alpha value is 0.120. The zero-order chi connectivity index (χ0) is 13.8. The SMILES string of the molecule is CCOC(=O)C(C(C)C)N1CC[N+](C)(CC)CC1.[I-]. The Morgan fingerprint density at radius 3 is 2.16 bits per heavy atom. The summed E-state index contributed by atoms with van der Waals surface area (Å²) in [7, 11) is 2.30. The quantitative estimate of drug-likeness (QED) is 0.324. The molecule has 114 valence electrons. The molecule has 19 heavy (non-hydrogen) atoms. The molecule has 0 N–H and O–H groups in total. The van der Waals surface area contributed by atoms with E-state index < -0.39 is 0 Å². The van der Waals surface area contributed by atoms with Gasteiger partial charge in [0.2, 0.25) is 0 Å². The molecule has 0 amide bonds. The zero-order valence-corrected chi connectivity index (χ0v) is 15.1. The van der Waals surface area contributed by atoms with Crippen molar-refractivity contribution in [2.75, 3.05) is 46.4 Å². The van der Waals surface area contributed by atoms with Crippen molar-refractivity contribution in [2.45, 2.75) is 33.7 Å². The molecule has 0 radical (unpaired) electrons. The molecule has 1 unspecified atom stereocenters. The lowest BCUT2D eigenvalue weighted by molar-refractivity contribution is -0.912. The highest BCUT2D eigenvalue weighted by molar-refractivity contribution is 5.76. The number of hydrogen-bond donors (Lipinski definition) is 0. The lowest BCUT2D eigenvalue weighted by Crippen LogP contribution is -3.00. The van der Waals surface area contributed by atoms with Crippen LogP contribution in [0.15, 0.2) is 0 Å². The third kappa shape index (κ3) is 5.19. The van der Waals surface area contributed by atoms with Crippen molar-refractivity contribution in [3.63, 3.8) is 0 Å². The summed E-state index contributed by atoms with van der Waals surface area (Å²) in [4.78, 5) is 14.3. The van der Waals surface area contributed by atoms with E-state index in [1.165, 1.54) is 6.54 Å². The zero-order valence-electron chi connectivity index (χ0n) is 13.0. The van der Waals surface area contributed by atoms with Crippen molar-refractivity contribution in [2.24, 2.45) is 5.92 Å². The van der Waals surface area contributed by atoms with Crippen LogP contribution in [0.25, 0.3) is 0 Å². The van der Waals surface area contributed by atoms with Crippen molar-refractivity contribution in [1.82, 2.24) is 4.90 Å². The Kier molecular flexibility index (Phi) is 8.47. The lowest BCUT2D eigenvalue weighted by atomic mass is 10.0.